The number of aliphatic hydroxyl groups is 1. The number of hydrogen-bond donors (Lipinski definition) is 1. The van der Waals surface area contributed by atoms with Crippen LogP contribution in [0.1, 0.15) is 104 Å². The summed E-state index contributed by atoms with van der Waals surface area (Å²) in [5.74, 6) is 0. The van der Waals surface area contributed by atoms with Gasteiger partial charge in [0.2, 0.25) is 6.04 Å². The zero-order valence-electron chi connectivity index (χ0n) is 14.8. The number of nitro groups is 1. The van der Waals surface area contributed by atoms with Gasteiger partial charge in [-0.25, -0.2) is 0 Å². The first-order valence-corrected chi connectivity index (χ1v) is 9.41. The predicted molar refractivity (Wildman–Crippen MR) is 92.8 cm³/mol. The molecular weight excluding hydrogens is 278 g/mol. The van der Waals surface area contributed by atoms with E-state index in [9.17, 15) is 15.2 Å². The van der Waals surface area contributed by atoms with E-state index in [1.807, 2.05) is 0 Å². The van der Waals surface area contributed by atoms with Crippen LogP contribution in [0.2, 0.25) is 0 Å². The molecule has 0 aromatic carbocycles. The third kappa shape index (κ3) is 13.1. The zero-order valence-corrected chi connectivity index (χ0v) is 14.8. The molecule has 0 unspecified atom stereocenters. The van der Waals surface area contributed by atoms with Crippen molar-refractivity contribution in [1.82, 2.24) is 0 Å². The Hall–Kier alpha value is -0.640. The van der Waals surface area contributed by atoms with E-state index in [1.54, 1.807) is 0 Å². The van der Waals surface area contributed by atoms with Crippen LogP contribution >= 0.6 is 0 Å². The number of unbranched alkanes of at least 4 members (excludes halogenated alkanes) is 12. The van der Waals surface area contributed by atoms with E-state index in [-0.39, 0.29) is 0 Å². The van der Waals surface area contributed by atoms with E-state index < -0.39 is 17.1 Å². The Balaban J connectivity index is 3.19. The van der Waals surface area contributed by atoms with Gasteiger partial charge < -0.3 is 5.11 Å². The molecule has 22 heavy (non-hydrogen) atoms. The van der Waals surface area contributed by atoms with Crippen molar-refractivity contribution in [3.05, 3.63) is 10.1 Å². The lowest BCUT2D eigenvalue weighted by atomic mass is 10.0. The molecule has 0 fully saturated rings. The Bertz CT molecular complexity index is 259. The molecule has 0 aromatic heterocycles. The second-order valence-corrected chi connectivity index (χ2v) is 6.62. The van der Waals surface area contributed by atoms with Gasteiger partial charge in [-0.05, 0) is 6.42 Å². The van der Waals surface area contributed by atoms with Gasteiger partial charge in [-0.3, -0.25) is 10.1 Å². The molecule has 132 valence electrons. The molecule has 0 saturated carbocycles. The molecule has 0 aromatic rings. The zero-order chi connectivity index (χ0) is 16.6. The van der Waals surface area contributed by atoms with Gasteiger partial charge in [-0.15, -0.1) is 0 Å². The van der Waals surface area contributed by atoms with E-state index in [0.29, 0.717) is 6.42 Å². The second kappa shape index (κ2) is 15.3. The van der Waals surface area contributed by atoms with Crippen molar-refractivity contribution in [3.8, 4) is 0 Å². The average molecular weight is 315 g/mol. The summed E-state index contributed by atoms with van der Waals surface area (Å²) in [5.41, 5.74) is 0. The Morgan fingerprint density at radius 3 is 1.55 bits per heavy atom. The van der Waals surface area contributed by atoms with Crippen molar-refractivity contribution in [3.63, 3.8) is 0 Å². The average Bonchev–Trinajstić information content (AvgIpc) is 2.50. The second-order valence-electron chi connectivity index (χ2n) is 6.62. The first-order chi connectivity index (χ1) is 10.6. The van der Waals surface area contributed by atoms with Crippen molar-refractivity contribution in [2.75, 3.05) is 0 Å². The van der Waals surface area contributed by atoms with Crippen LogP contribution in [-0.4, -0.2) is 22.2 Å². The number of rotatable bonds is 16. The van der Waals surface area contributed by atoms with Crippen molar-refractivity contribution in [2.45, 2.75) is 116 Å². The van der Waals surface area contributed by atoms with Crippen molar-refractivity contribution in [2.24, 2.45) is 0 Å². The fourth-order valence-corrected chi connectivity index (χ4v) is 2.75. The highest BCUT2D eigenvalue weighted by Crippen LogP contribution is 2.14. The fraction of sp³-hybridized carbons (Fsp3) is 1.00. The molecule has 0 bridgehead atoms. The minimum Gasteiger partial charge on any atom is -0.386 e. The van der Waals surface area contributed by atoms with Gasteiger partial charge in [-0.2, -0.15) is 0 Å². The third-order valence-corrected chi connectivity index (χ3v) is 4.49. The normalized spacial score (nSPS) is 14.0. The first-order valence-electron chi connectivity index (χ1n) is 9.41. The van der Waals surface area contributed by atoms with E-state index in [1.165, 1.54) is 77.6 Å². The molecule has 4 heteroatoms. The summed E-state index contributed by atoms with van der Waals surface area (Å²) in [4.78, 5) is 10.1. The van der Waals surface area contributed by atoms with E-state index >= 15 is 0 Å². The smallest absolute Gasteiger partial charge is 0.235 e. The molecule has 0 aliphatic carbocycles. The van der Waals surface area contributed by atoms with Crippen LogP contribution in [0.25, 0.3) is 0 Å². The predicted octanol–water partition coefficient (Wildman–Crippen LogP) is 5.49. The van der Waals surface area contributed by atoms with E-state index in [4.69, 9.17) is 0 Å². The Morgan fingerprint density at radius 2 is 1.18 bits per heavy atom. The van der Waals surface area contributed by atoms with Gasteiger partial charge in [0.15, 0.2) is 0 Å². The molecule has 2 atom stereocenters. The number of aliphatic hydroxyl groups excluding tert-OH is 1. The van der Waals surface area contributed by atoms with E-state index in [2.05, 4.69) is 6.92 Å². The molecule has 4 nitrogen and oxygen atoms in total. The van der Waals surface area contributed by atoms with Crippen molar-refractivity contribution >= 4 is 0 Å². The quantitative estimate of drug-likeness (QED) is 0.232. The maximum atomic E-state index is 10.5. The number of nitrogens with zero attached hydrogens (tertiary/aromatic N) is 1. The van der Waals surface area contributed by atoms with Crippen molar-refractivity contribution in [1.29, 1.82) is 0 Å². The molecule has 0 radical (unpaired) electrons. The van der Waals surface area contributed by atoms with Crippen LogP contribution in [0.15, 0.2) is 0 Å². The Labute approximate surface area is 136 Å². The highest BCUT2D eigenvalue weighted by atomic mass is 16.6. The molecule has 0 rings (SSSR count). The summed E-state index contributed by atoms with van der Waals surface area (Å²) >= 11 is 0. The summed E-state index contributed by atoms with van der Waals surface area (Å²) in [7, 11) is 0. The minimum atomic E-state index is -0.836. The van der Waals surface area contributed by atoms with Crippen LogP contribution in [0.5, 0.6) is 0 Å². The maximum Gasteiger partial charge on any atom is 0.235 e. The standard InChI is InChI=1S/C18H37NO3/c1-3-4-5-6-7-8-9-10-11-12-13-14-15-16-18(20)17(2)19(21)22/h17-18,20H,3-16H2,1-2H3/t17-,18+/m0/s1. The van der Waals surface area contributed by atoms with Crippen LogP contribution in [0.3, 0.4) is 0 Å². The molecule has 0 heterocycles. The lowest BCUT2D eigenvalue weighted by Crippen LogP contribution is -2.30. The summed E-state index contributed by atoms with van der Waals surface area (Å²) in [5, 5.41) is 20.1. The van der Waals surface area contributed by atoms with Gasteiger partial charge in [0.05, 0.1) is 0 Å². The van der Waals surface area contributed by atoms with Crippen LogP contribution < -0.4 is 0 Å². The lowest BCUT2D eigenvalue weighted by Gasteiger charge is -2.11. The summed E-state index contributed by atoms with van der Waals surface area (Å²) in [6.45, 7) is 3.73. The highest BCUT2D eigenvalue weighted by Gasteiger charge is 2.23. The highest BCUT2D eigenvalue weighted by molar-refractivity contribution is 4.63. The van der Waals surface area contributed by atoms with Gasteiger partial charge in [0, 0.05) is 11.8 Å². The molecule has 0 spiro atoms. The molecular formula is C18H37NO3. The third-order valence-electron chi connectivity index (χ3n) is 4.49. The first kappa shape index (κ1) is 21.4. The molecule has 1 N–H and O–H groups in total. The Morgan fingerprint density at radius 1 is 0.818 bits per heavy atom. The van der Waals surface area contributed by atoms with Gasteiger partial charge >= 0.3 is 0 Å². The minimum absolute atomic E-state index is 0.396. The SMILES string of the molecule is CCCCCCCCCCCCCCC[C@@H](O)[C@H](C)[N+](=O)[O-]. The fourth-order valence-electron chi connectivity index (χ4n) is 2.75. The summed E-state index contributed by atoms with van der Waals surface area (Å²) in [6, 6.07) is -0.836. The summed E-state index contributed by atoms with van der Waals surface area (Å²) in [6.07, 6.45) is 16.5. The topological polar surface area (TPSA) is 63.4 Å². The maximum absolute atomic E-state index is 10.5. The van der Waals surface area contributed by atoms with Gasteiger partial charge in [0.1, 0.15) is 6.10 Å². The molecule has 0 aliphatic rings. The molecule has 0 saturated heterocycles. The van der Waals surface area contributed by atoms with Crippen LogP contribution in [0, 0.1) is 10.1 Å². The van der Waals surface area contributed by atoms with Crippen LogP contribution in [0.4, 0.5) is 0 Å². The lowest BCUT2D eigenvalue weighted by molar-refractivity contribution is -0.530. The monoisotopic (exact) mass is 315 g/mol. The summed E-state index contributed by atoms with van der Waals surface area (Å²) < 4.78 is 0. The van der Waals surface area contributed by atoms with Crippen LogP contribution in [-0.2, 0) is 0 Å². The molecule has 0 aliphatic heterocycles. The largest absolute Gasteiger partial charge is 0.386 e. The van der Waals surface area contributed by atoms with E-state index in [0.717, 1.165) is 12.8 Å². The number of hydrogen-bond acceptors (Lipinski definition) is 3. The Kier molecular flexibility index (Phi) is 14.8. The van der Waals surface area contributed by atoms with Gasteiger partial charge in [-0.1, -0.05) is 90.4 Å². The van der Waals surface area contributed by atoms with Crippen molar-refractivity contribution < 1.29 is 10.0 Å². The van der Waals surface area contributed by atoms with Gasteiger partial charge in [0.25, 0.3) is 0 Å². The molecule has 0 amide bonds.